The van der Waals surface area contributed by atoms with Gasteiger partial charge in [-0.05, 0) is 36.8 Å². The predicted octanol–water partition coefficient (Wildman–Crippen LogP) is 5.52. The molecule has 0 atom stereocenters. The molecule has 1 saturated carbocycles. The predicted molar refractivity (Wildman–Crippen MR) is 103 cm³/mol. The van der Waals surface area contributed by atoms with Crippen molar-refractivity contribution in [1.29, 1.82) is 0 Å². The average molecular weight is 366 g/mol. The zero-order valence-corrected chi connectivity index (χ0v) is 15.4. The molecular weight excluding hydrogens is 346 g/mol. The molecule has 3 aromatic heterocycles. The summed E-state index contributed by atoms with van der Waals surface area (Å²) in [5.41, 5.74) is 3.29. The summed E-state index contributed by atoms with van der Waals surface area (Å²) < 4.78 is 2.19. The smallest absolute Gasteiger partial charge is 0.272 e. The Bertz CT molecular complexity index is 980. The fourth-order valence-corrected chi connectivity index (χ4v) is 3.99. The molecule has 6 heteroatoms. The lowest BCUT2D eigenvalue weighted by Crippen LogP contribution is -2.17. The number of hydrogen-bond acceptors (Lipinski definition) is 3. The molecule has 132 valence electrons. The van der Waals surface area contributed by atoms with Crippen LogP contribution >= 0.6 is 11.6 Å². The van der Waals surface area contributed by atoms with Crippen molar-refractivity contribution < 1.29 is 0 Å². The highest BCUT2D eigenvalue weighted by Crippen LogP contribution is 2.33. The number of nitrogens with zero attached hydrogens (tertiary/aromatic N) is 5. The van der Waals surface area contributed by atoms with Crippen molar-refractivity contribution in [3.8, 4) is 11.3 Å². The molecule has 3 aromatic rings. The van der Waals surface area contributed by atoms with E-state index in [2.05, 4.69) is 31.3 Å². The van der Waals surface area contributed by atoms with Crippen LogP contribution in [0.4, 0.5) is 5.82 Å². The van der Waals surface area contributed by atoms with E-state index in [9.17, 15) is 0 Å². The molecule has 1 aliphatic rings. The van der Waals surface area contributed by atoms with Crippen molar-refractivity contribution in [2.75, 3.05) is 0 Å². The Balaban J connectivity index is 1.79. The van der Waals surface area contributed by atoms with E-state index in [1.165, 1.54) is 25.7 Å². The van der Waals surface area contributed by atoms with Crippen molar-refractivity contribution >= 4 is 28.5 Å². The Hall–Kier alpha value is -2.45. The second-order valence-corrected chi connectivity index (χ2v) is 7.66. The fourth-order valence-electron chi connectivity index (χ4n) is 3.81. The first-order valence-corrected chi connectivity index (χ1v) is 9.36. The Morgan fingerprint density at radius 2 is 2.04 bits per heavy atom. The quantitative estimate of drug-likeness (QED) is 0.574. The van der Waals surface area contributed by atoms with Crippen LogP contribution in [0.25, 0.3) is 27.1 Å². The van der Waals surface area contributed by atoms with Gasteiger partial charge in [-0.2, -0.15) is 0 Å². The number of imidazole rings is 1. The third-order valence-electron chi connectivity index (χ3n) is 5.27. The van der Waals surface area contributed by atoms with E-state index in [4.69, 9.17) is 18.2 Å². The van der Waals surface area contributed by atoms with Gasteiger partial charge < -0.3 is 9.41 Å². The molecule has 3 heterocycles. The molecule has 0 amide bonds. The summed E-state index contributed by atoms with van der Waals surface area (Å²) in [7, 11) is 0. The Kier molecular flexibility index (Phi) is 4.60. The summed E-state index contributed by atoms with van der Waals surface area (Å²) in [6.45, 7) is 10.6. The maximum atomic E-state index is 7.34. The van der Waals surface area contributed by atoms with Gasteiger partial charge in [-0.1, -0.05) is 37.9 Å². The Labute approximate surface area is 157 Å². The topological polar surface area (TPSA) is 48.0 Å². The van der Waals surface area contributed by atoms with Crippen LogP contribution in [0.5, 0.6) is 0 Å². The molecule has 0 radical (unpaired) electrons. The van der Waals surface area contributed by atoms with E-state index >= 15 is 0 Å². The summed E-state index contributed by atoms with van der Waals surface area (Å²) in [4.78, 5) is 16.8. The van der Waals surface area contributed by atoms with Gasteiger partial charge in [-0.15, -0.1) is 4.98 Å². The summed E-state index contributed by atoms with van der Waals surface area (Å²) >= 11 is 6.13. The van der Waals surface area contributed by atoms with Gasteiger partial charge in [-0.25, -0.2) is 4.98 Å². The molecule has 1 aliphatic carbocycles. The first kappa shape index (κ1) is 17.0. The van der Waals surface area contributed by atoms with Gasteiger partial charge in [0.2, 0.25) is 0 Å². The highest BCUT2D eigenvalue weighted by Gasteiger charge is 2.22. The minimum atomic E-state index is 0.337. The fraction of sp³-hybridized carbons (Fsp3) is 0.400. The largest absolute Gasteiger partial charge is 0.361 e. The first-order chi connectivity index (χ1) is 12.6. The van der Waals surface area contributed by atoms with Crippen molar-refractivity contribution in [3.05, 3.63) is 47.3 Å². The Morgan fingerprint density at radius 3 is 2.77 bits per heavy atom. The maximum Gasteiger partial charge on any atom is 0.272 e. The van der Waals surface area contributed by atoms with E-state index in [-0.39, 0.29) is 0 Å². The van der Waals surface area contributed by atoms with Crippen LogP contribution in [-0.4, -0.2) is 19.5 Å². The molecule has 0 bridgehead atoms. The van der Waals surface area contributed by atoms with Gasteiger partial charge >= 0.3 is 0 Å². The van der Waals surface area contributed by atoms with Gasteiger partial charge in [0.15, 0.2) is 5.69 Å². The normalized spacial score (nSPS) is 20.2. The molecule has 0 unspecified atom stereocenters. The number of rotatable bonds is 3. The number of aromatic nitrogens is 4. The van der Waals surface area contributed by atoms with Crippen LogP contribution in [0.3, 0.4) is 0 Å². The van der Waals surface area contributed by atoms with Crippen molar-refractivity contribution in [2.45, 2.75) is 39.2 Å². The third kappa shape index (κ3) is 3.30. The van der Waals surface area contributed by atoms with Crippen molar-refractivity contribution in [2.24, 2.45) is 11.8 Å². The zero-order valence-electron chi connectivity index (χ0n) is 14.7. The van der Waals surface area contributed by atoms with Gasteiger partial charge in [0.25, 0.3) is 5.82 Å². The molecule has 0 aromatic carbocycles. The third-order valence-corrected chi connectivity index (χ3v) is 5.47. The van der Waals surface area contributed by atoms with Gasteiger partial charge in [0, 0.05) is 24.5 Å². The molecule has 0 saturated heterocycles. The van der Waals surface area contributed by atoms with E-state index in [1.807, 2.05) is 12.4 Å². The minimum absolute atomic E-state index is 0.337. The van der Waals surface area contributed by atoms with Crippen LogP contribution in [0.15, 0.2) is 30.9 Å². The number of fused-ring (bicyclic) bond motifs is 1. The second-order valence-electron chi connectivity index (χ2n) is 7.22. The molecule has 0 N–H and O–H groups in total. The van der Waals surface area contributed by atoms with Crippen molar-refractivity contribution in [1.82, 2.24) is 19.5 Å². The monoisotopic (exact) mass is 365 g/mol. The molecule has 5 nitrogen and oxygen atoms in total. The van der Waals surface area contributed by atoms with E-state index in [1.54, 1.807) is 18.5 Å². The van der Waals surface area contributed by atoms with Gasteiger partial charge in [-0.3, -0.25) is 4.98 Å². The second kappa shape index (κ2) is 7.05. The van der Waals surface area contributed by atoms with E-state index < -0.39 is 0 Å². The number of halogens is 1. The summed E-state index contributed by atoms with van der Waals surface area (Å²) in [6.07, 6.45) is 10.3. The van der Waals surface area contributed by atoms with Gasteiger partial charge in [0.05, 0.1) is 16.9 Å². The highest BCUT2D eigenvalue weighted by molar-refractivity contribution is 6.30. The Morgan fingerprint density at radius 1 is 1.23 bits per heavy atom. The molecule has 0 spiro atoms. The van der Waals surface area contributed by atoms with Crippen LogP contribution in [0.2, 0.25) is 5.02 Å². The summed E-state index contributed by atoms with van der Waals surface area (Å²) in [6, 6.07) is 3.59. The lowest BCUT2D eigenvalue weighted by Gasteiger charge is -2.26. The first-order valence-electron chi connectivity index (χ1n) is 8.98. The summed E-state index contributed by atoms with van der Waals surface area (Å²) in [5, 5.41) is 0.554. The SMILES string of the molecule is [C-]#[N+]c1cc2ncn(CC3CCC(C)CC3)c2c(-c2cncc(Cl)c2)n1. The number of hydrogen-bond donors (Lipinski definition) is 0. The standard InChI is InChI=1S/C20H20ClN5/c1-13-3-5-14(6-4-13)11-26-12-24-17-8-18(22-2)25-19(20(17)26)15-7-16(21)10-23-9-15/h7-10,12-14H,3-6,11H2,1H3. The lowest BCUT2D eigenvalue weighted by molar-refractivity contribution is 0.266. The van der Waals surface area contributed by atoms with E-state index in [0.717, 1.165) is 34.8 Å². The number of pyridine rings is 2. The van der Waals surface area contributed by atoms with Gasteiger partial charge in [0.1, 0.15) is 5.52 Å². The molecule has 1 fully saturated rings. The van der Waals surface area contributed by atoms with Crippen LogP contribution < -0.4 is 0 Å². The van der Waals surface area contributed by atoms with Crippen LogP contribution in [-0.2, 0) is 6.54 Å². The van der Waals surface area contributed by atoms with E-state index in [0.29, 0.717) is 16.8 Å². The van der Waals surface area contributed by atoms with Crippen molar-refractivity contribution in [3.63, 3.8) is 0 Å². The average Bonchev–Trinajstić information content (AvgIpc) is 3.05. The van der Waals surface area contributed by atoms with Crippen LogP contribution in [0.1, 0.15) is 32.6 Å². The highest BCUT2D eigenvalue weighted by atomic mass is 35.5. The molecular formula is C20H20ClN5. The minimum Gasteiger partial charge on any atom is -0.361 e. The molecule has 0 aliphatic heterocycles. The van der Waals surface area contributed by atoms with Crippen LogP contribution in [0, 0.1) is 18.4 Å². The summed E-state index contributed by atoms with van der Waals surface area (Å²) in [5.74, 6) is 1.83. The lowest BCUT2D eigenvalue weighted by atomic mass is 9.83. The zero-order chi connectivity index (χ0) is 18.1. The molecule has 26 heavy (non-hydrogen) atoms. The maximum absolute atomic E-state index is 7.34. The molecule has 4 rings (SSSR count).